The molecule has 7 aromatic rings. The molecule has 0 saturated carbocycles. The lowest BCUT2D eigenvalue weighted by Crippen LogP contribution is -2.25. The minimum Gasteiger partial charge on any atom is -0.479 e. The molecule has 2 aliphatic heterocycles. The first-order chi connectivity index (χ1) is 51.9. The minimum atomic E-state index is -6.08. The van der Waals surface area contributed by atoms with E-state index in [4.69, 9.17) is 34.8 Å². The molecule has 5 heterocycles. The fourth-order valence-electron chi connectivity index (χ4n) is 9.78. The number of aromatic amines is 2. The number of H-pyrrole nitrogens is 2. The Labute approximate surface area is 602 Å². The zero-order chi connectivity index (χ0) is 85.2. The molecular formula is C58H30F36N8O12. The largest absolute Gasteiger partial charge is 0.479 e. The van der Waals surface area contributed by atoms with Crippen LogP contribution in [-0.4, -0.2) is 193 Å². The number of fused-ring (bicyclic) bond motifs is 20. The van der Waals surface area contributed by atoms with Crippen molar-refractivity contribution in [2.45, 2.75) is 74.1 Å². The Morgan fingerprint density at radius 1 is 0.237 bits per heavy atom. The van der Waals surface area contributed by atoms with E-state index >= 15 is 0 Å². The van der Waals surface area contributed by atoms with Crippen LogP contribution in [0.1, 0.15) is 5.56 Å². The van der Waals surface area contributed by atoms with E-state index in [1.165, 1.54) is 0 Å². The maximum absolute atomic E-state index is 14.7. The maximum atomic E-state index is 14.7. The molecule has 0 spiro atoms. The van der Waals surface area contributed by atoms with Crippen molar-refractivity contribution in [2.75, 3.05) is 79.3 Å². The highest BCUT2D eigenvalue weighted by Crippen LogP contribution is 2.62. The molecule has 8 bridgehead atoms. The number of benzene rings is 4. The summed E-state index contributed by atoms with van der Waals surface area (Å²) in [6.07, 6.45) is -66.2. The summed E-state index contributed by atoms with van der Waals surface area (Å²) >= 11 is 0. The van der Waals surface area contributed by atoms with Crippen molar-refractivity contribution >= 4 is 44.1 Å². The number of nitrogens with one attached hydrogen (secondary N) is 2. The molecule has 56 heteroatoms. The monoisotopic (exact) mass is 1710 g/mol. The van der Waals surface area contributed by atoms with Crippen molar-refractivity contribution < 1.29 is 215 Å². The Morgan fingerprint density at radius 3 is 0.640 bits per heavy atom. The van der Waals surface area contributed by atoms with Crippen molar-refractivity contribution in [3.8, 4) is 127 Å². The third-order valence-electron chi connectivity index (χ3n) is 13.4. The first-order valence-corrected chi connectivity index (χ1v) is 29.4. The molecule has 0 aliphatic carbocycles. The quantitative estimate of drug-likeness (QED) is 0.0424. The number of ether oxygens (including phenoxy) is 12. The lowest BCUT2D eigenvalue weighted by molar-refractivity contribution is -0.162. The maximum Gasteiger partial charge on any atom is 0.422 e. The molecular weight excluding hydrogens is 1680 g/mol. The standard InChI is InChI=1S/C58H30F36N8O12/c1-2-18-3-4-19-20(5-18)40-95-39(19)96-41-21-23(29(105-8-49(65,66)67)35(111-14-55(83,84)85)33(109-12-53(77,78)79)27(21)103-6-47(59,60)61)43(98-41)100-45-25-26(32(108-11-52(74,75)76)38(114-17-58(92,93)94)37(113-16-57(89,90)91)31(25)107-10-51(71,72)73)46(102-45)101-44-24-22(42(97-40)99-44)28(104-7-48(62,63)64)34(110-13-54(80,81)82)36(112-15-56(86,87)88)30(24)106-9-50(68,69)70/h1,3-5H,6-17H2,(H2,95,96,97,98,99,100,101,102). The van der Waals surface area contributed by atoms with Crippen LogP contribution < -0.4 is 56.8 Å². The molecule has 626 valence electrons. The van der Waals surface area contributed by atoms with Crippen LogP contribution in [-0.2, 0) is 0 Å². The van der Waals surface area contributed by atoms with Crippen LogP contribution in [0.25, 0.3) is 89.7 Å². The van der Waals surface area contributed by atoms with Gasteiger partial charge in [0.1, 0.15) is 22.6 Å². The van der Waals surface area contributed by atoms with E-state index in [1.807, 2.05) is 5.92 Å². The Balaban J connectivity index is 1.74. The number of alkyl halides is 36. The fourth-order valence-corrected chi connectivity index (χ4v) is 9.78. The van der Waals surface area contributed by atoms with Gasteiger partial charge in [0.25, 0.3) is 0 Å². The van der Waals surface area contributed by atoms with Gasteiger partial charge in [0.2, 0.25) is 34.5 Å². The normalized spacial score (nSPS) is 13.5. The van der Waals surface area contributed by atoms with Gasteiger partial charge in [-0.15, -0.1) is 6.42 Å². The molecule has 2 N–H and O–H groups in total. The molecule has 3 aromatic heterocycles. The van der Waals surface area contributed by atoms with Gasteiger partial charge in [-0.3, -0.25) is 0 Å². The van der Waals surface area contributed by atoms with Gasteiger partial charge in [0.05, 0.1) is 33.0 Å². The van der Waals surface area contributed by atoms with Gasteiger partial charge < -0.3 is 66.8 Å². The summed E-state index contributed by atoms with van der Waals surface area (Å²) in [6, 6.07) is 2.27. The van der Waals surface area contributed by atoms with Gasteiger partial charge in [-0.05, 0) is 18.2 Å². The lowest BCUT2D eigenvalue weighted by atomic mass is 10.0. The van der Waals surface area contributed by atoms with E-state index in [0.717, 1.165) is 12.1 Å². The molecule has 0 radical (unpaired) electrons. The molecule has 0 fully saturated rings. The summed E-state index contributed by atoms with van der Waals surface area (Å²) in [5.74, 6) is -34.8. The number of terminal acetylenes is 1. The van der Waals surface area contributed by atoms with Crippen molar-refractivity contribution in [1.82, 2.24) is 39.9 Å². The molecule has 20 nitrogen and oxygen atoms in total. The highest BCUT2D eigenvalue weighted by Gasteiger charge is 2.48. The first kappa shape index (κ1) is 86.9. The van der Waals surface area contributed by atoms with Crippen molar-refractivity contribution in [2.24, 2.45) is 0 Å². The van der Waals surface area contributed by atoms with Gasteiger partial charge in [-0.25, -0.2) is 29.9 Å². The van der Waals surface area contributed by atoms with Crippen LogP contribution >= 0.6 is 0 Å². The van der Waals surface area contributed by atoms with Gasteiger partial charge in [0.15, 0.2) is 137 Å². The smallest absolute Gasteiger partial charge is 0.422 e. The van der Waals surface area contributed by atoms with Crippen LogP contribution in [0.2, 0.25) is 0 Å². The Morgan fingerprint density at radius 2 is 0.421 bits per heavy atom. The Hall–Kier alpha value is -11.1. The molecule has 0 atom stereocenters. The third-order valence-corrected chi connectivity index (χ3v) is 13.4. The zero-order valence-electron chi connectivity index (χ0n) is 54.0. The Kier molecular flexibility index (Phi) is 23.4. The van der Waals surface area contributed by atoms with Gasteiger partial charge in [-0.2, -0.15) is 158 Å². The molecule has 114 heavy (non-hydrogen) atoms. The predicted molar refractivity (Wildman–Crippen MR) is 303 cm³/mol. The van der Waals surface area contributed by atoms with Crippen molar-refractivity contribution in [1.29, 1.82) is 0 Å². The molecule has 9 rings (SSSR count). The highest BCUT2D eigenvalue weighted by molar-refractivity contribution is 6.15. The summed E-state index contributed by atoms with van der Waals surface area (Å²) in [5.41, 5.74) is -15.1. The van der Waals surface area contributed by atoms with E-state index < -0.39 is 318 Å². The van der Waals surface area contributed by atoms with Crippen LogP contribution in [0.3, 0.4) is 0 Å². The average molecular weight is 1710 g/mol. The van der Waals surface area contributed by atoms with Gasteiger partial charge in [-0.1, -0.05) is 5.92 Å². The van der Waals surface area contributed by atoms with Crippen LogP contribution in [0, 0.1) is 12.3 Å². The second-order valence-electron chi connectivity index (χ2n) is 22.6. The third kappa shape index (κ3) is 22.4. The van der Waals surface area contributed by atoms with E-state index in [9.17, 15) is 158 Å². The summed E-state index contributed by atoms with van der Waals surface area (Å²) in [5, 5.41) is -5.97. The number of rotatable bonds is 24. The van der Waals surface area contributed by atoms with Crippen molar-refractivity contribution in [3.63, 3.8) is 0 Å². The lowest BCUT2D eigenvalue weighted by Gasteiger charge is -2.24. The molecule has 0 amide bonds. The van der Waals surface area contributed by atoms with E-state index in [0.29, 0.717) is 6.07 Å². The van der Waals surface area contributed by atoms with Gasteiger partial charge in [0, 0.05) is 16.3 Å². The first-order valence-electron chi connectivity index (χ1n) is 29.4. The fraction of sp³-hybridized carbons (Fsp3) is 0.414. The van der Waals surface area contributed by atoms with E-state index in [2.05, 4.69) is 63.3 Å². The van der Waals surface area contributed by atoms with E-state index in [1.54, 1.807) is 4.98 Å². The number of nitrogens with zero attached hydrogens (tertiary/aromatic N) is 6. The van der Waals surface area contributed by atoms with Gasteiger partial charge >= 0.3 is 74.1 Å². The van der Waals surface area contributed by atoms with E-state index in [-0.39, 0.29) is 0 Å². The summed E-state index contributed by atoms with van der Waals surface area (Å²) in [7, 11) is 0. The van der Waals surface area contributed by atoms with Crippen LogP contribution in [0.15, 0.2) is 18.2 Å². The summed E-state index contributed by atoms with van der Waals surface area (Å²) < 4.78 is 577. The number of hydrogen-bond acceptors (Lipinski definition) is 18. The molecule has 2 aliphatic rings. The predicted octanol–water partition coefficient (Wildman–Crippen LogP) is 18.1. The number of aromatic nitrogens is 8. The molecule has 0 unspecified atom stereocenters. The SMILES string of the molecule is C#Cc1ccc2c3nc4nc(nc5[nH]c(nc6nc(nc([nH]3)c2c1)-c1c(OCC(F)(F)F)c(OCC(F)(F)F)c(OCC(F)(F)F)c(OCC(F)(F)F)c1-6)c1c(OCC(F)(F)F)c(OCC(F)(F)F)c(OCC(F)(F)F)c(OCC(F)(F)F)c51)-c1c(OCC(F)(F)F)c(OCC(F)(F)F)c(OCC(F)(F)F)c(OCC(F)(F)F)c1-4. The summed E-state index contributed by atoms with van der Waals surface area (Å²) in [4.78, 5) is 26.8. The average Bonchev–Trinajstić information content (AvgIpc) is 1.66. The van der Waals surface area contributed by atoms with Crippen LogP contribution in [0.5, 0.6) is 69.0 Å². The zero-order valence-corrected chi connectivity index (χ0v) is 54.0. The molecule has 4 aromatic carbocycles. The molecule has 0 saturated heterocycles. The topological polar surface area (TPSA) is 220 Å². The Bertz CT molecular complexity index is 4980. The highest BCUT2D eigenvalue weighted by atomic mass is 19.5. The number of halogens is 36. The second kappa shape index (κ2) is 30.7. The number of hydrogen-bond donors (Lipinski definition) is 2. The summed E-state index contributed by atoms with van der Waals surface area (Å²) in [6.45, 7) is -36.9. The van der Waals surface area contributed by atoms with Crippen LogP contribution in [0.4, 0.5) is 158 Å². The minimum absolute atomic E-state index is 0.454. The second-order valence-corrected chi connectivity index (χ2v) is 22.6. The van der Waals surface area contributed by atoms with Crippen molar-refractivity contribution in [3.05, 3.63) is 23.8 Å².